The number of hydrazone groups is 1. The van der Waals surface area contributed by atoms with Gasteiger partial charge in [-0.25, -0.2) is 10.1 Å². The number of nitrogens with zero attached hydrogens (tertiary/aromatic N) is 2. The van der Waals surface area contributed by atoms with E-state index in [1.54, 1.807) is 38.1 Å². The molecule has 7 heteroatoms. The zero-order valence-electron chi connectivity index (χ0n) is 14.3. The van der Waals surface area contributed by atoms with Crippen LogP contribution >= 0.6 is 11.6 Å². The maximum atomic E-state index is 12.7. The van der Waals surface area contributed by atoms with Crippen LogP contribution in [0.15, 0.2) is 64.5 Å². The average Bonchev–Trinajstić information content (AvgIpc) is 2.95. The van der Waals surface area contributed by atoms with Crippen molar-refractivity contribution in [3.63, 3.8) is 0 Å². The summed E-state index contributed by atoms with van der Waals surface area (Å²) in [6, 6.07) is 15.7. The zero-order chi connectivity index (χ0) is 18.7. The van der Waals surface area contributed by atoms with Crippen molar-refractivity contribution in [2.24, 2.45) is 5.10 Å². The molecule has 0 bridgehead atoms. The van der Waals surface area contributed by atoms with Gasteiger partial charge in [0, 0.05) is 16.3 Å². The van der Waals surface area contributed by atoms with E-state index in [-0.39, 0.29) is 11.5 Å². The fourth-order valence-electron chi connectivity index (χ4n) is 2.59. The number of H-pyrrole nitrogens is 1. The quantitative estimate of drug-likeness (QED) is 0.547. The number of aromatic nitrogens is 2. The number of para-hydroxylation sites is 1. The molecular formula is C19H17ClN4O2. The minimum atomic E-state index is -0.377. The summed E-state index contributed by atoms with van der Waals surface area (Å²) in [5, 5.41) is 7.65. The third-order valence-corrected chi connectivity index (χ3v) is 4.13. The third kappa shape index (κ3) is 3.60. The summed E-state index contributed by atoms with van der Waals surface area (Å²) < 4.78 is 1.45. The molecule has 0 atom stereocenters. The third-order valence-electron chi connectivity index (χ3n) is 3.88. The molecule has 0 fully saturated rings. The Morgan fingerprint density at radius 2 is 1.77 bits per heavy atom. The van der Waals surface area contributed by atoms with E-state index in [0.717, 1.165) is 5.69 Å². The molecule has 3 aromatic rings. The maximum absolute atomic E-state index is 12.7. The summed E-state index contributed by atoms with van der Waals surface area (Å²) >= 11 is 5.81. The van der Waals surface area contributed by atoms with E-state index >= 15 is 0 Å². The minimum absolute atomic E-state index is 0.226. The molecule has 0 saturated carbocycles. The van der Waals surface area contributed by atoms with Crippen LogP contribution in [-0.2, 0) is 0 Å². The number of hydrogen-bond acceptors (Lipinski definition) is 3. The van der Waals surface area contributed by atoms with E-state index in [1.165, 1.54) is 4.68 Å². The first-order chi connectivity index (χ1) is 12.5. The van der Waals surface area contributed by atoms with E-state index in [9.17, 15) is 9.59 Å². The molecule has 1 heterocycles. The molecule has 0 aliphatic carbocycles. The van der Waals surface area contributed by atoms with E-state index in [1.807, 2.05) is 30.3 Å². The maximum Gasteiger partial charge on any atom is 0.280 e. The first-order valence-corrected chi connectivity index (χ1v) is 8.33. The predicted octanol–water partition coefficient (Wildman–Crippen LogP) is 3.28. The largest absolute Gasteiger partial charge is 0.295 e. The second-order valence-corrected chi connectivity index (χ2v) is 6.17. The molecule has 132 valence electrons. The summed E-state index contributed by atoms with van der Waals surface area (Å²) in [6.45, 7) is 3.46. The number of aromatic amines is 1. The molecule has 0 unspecified atom stereocenters. The lowest BCUT2D eigenvalue weighted by Crippen LogP contribution is -2.23. The van der Waals surface area contributed by atoms with Crippen LogP contribution in [0.3, 0.4) is 0 Å². The van der Waals surface area contributed by atoms with Crippen LogP contribution in [-0.4, -0.2) is 21.4 Å². The highest BCUT2D eigenvalue weighted by Crippen LogP contribution is 2.10. The van der Waals surface area contributed by atoms with Gasteiger partial charge in [0.15, 0.2) is 0 Å². The highest BCUT2D eigenvalue weighted by molar-refractivity contribution is 6.30. The number of nitrogens with one attached hydrogen (secondary N) is 2. The molecule has 1 aromatic heterocycles. The topological polar surface area (TPSA) is 79.2 Å². The molecule has 1 amide bonds. The van der Waals surface area contributed by atoms with Crippen molar-refractivity contribution in [3.8, 4) is 5.69 Å². The monoisotopic (exact) mass is 368 g/mol. The number of carbonyl (C=O) groups excluding carboxylic acids is 1. The Bertz CT molecular complexity index is 1020. The van der Waals surface area contributed by atoms with Crippen LogP contribution in [0.2, 0.25) is 5.02 Å². The Kier molecular flexibility index (Phi) is 5.04. The molecule has 2 aromatic carbocycles. The second kappa shape index (κ2) is 7.41. The van der Waals surface area contributed by atoms with Crippen molar-refractivity contribution in [3.05, 3.63) is 86.8 Å². The number of hydrogen-bond donors (Lipinski definition) is 2. The van der Waals surface area contributed by atoms with Crippen molar-refractivity contribution in [1.29, 1.82) is 0 Å². The Labute approximate surface area is 155 Å². The highest BCUT2D eigenvalue weighted by Gasteiger charge is 2.15. The molecule has 3 rings (SSSR count). The Balaban J connectivity index is 1.86. The predicted molar refractivity (Wildman–Crippen MR) is 102 cm³/mol. The van der Waals surface area contributed by atoms with Gasteiger partial charge in [0.25, 0.3) is 11.5 Å². The SMILES string of the molecule is C/C(=N\NC(=O)c1ccc(Cl)cc1)c1c(C)[nH]n(-c2ccccc2)c1=O. The molecule has 0 radical (unpaired) electrons. The summed E-state index contributed by atoms with van der Waals surface area (Å²) in [6.07, 6.45) is 0. The Morgan fingerprint density at radius 3 is 2.42 bits per heavy atom. The molecule has 6 nitrogen and oxygen atoms in total. The highest BCUT2D eigenvalue weighted by atomic mass is 35.5. The smallest absolute Gasteiger partial charge is 0.280 e. The van der Waals surface area contributed by atoms with Gasteiger partial charge in [-0.2, -0.15) is 5.10 Å². The number of benzene rings is 2. The van der Waals surface area contributed by atoms with Crippen molar-refractivity contribution < 1.29 is 4.79 Å². The molecular weight excluding hydrogens is 352 g/mol. The van der Waals surface area contributed by atoms with E-state index < -0.39 is 0 Å². The van der Waals surface area contributed by atoms with Gasteiger partial charge in [0.05, 0.1) is 17.0 Å². The lowest BCUT2D eigenvalue weighted by molar-refractivity contribution is 0.0955. The first-order valence-electron chi connectivity index (χ1n) is 7.95. The van der Waals surface area contributed by atoms with Crippen LogP contribution in [0, 0.1) is 6.92 Å². The van der Waals surface area contributed by atoms with Crippen LogP contribution in [0.5, 0.6) is 0 Å². The molecule has 26 heavy (non-hydrogen) atoms. The molecule has 0 aliphatic heterocycles. The number of amides is 1. The van der Waals surface area contributed by atoms with Crippen molar-refractivity contribution >= 4 is 23.2 Å². The van der Waals surface area contributed by atoms with Crippen LogP contribution in [0.25, 0.3) is 5.69 Å². The van der Waals surface area contributed by atoms with Gasteiger partial charge < -0.3 is 0 Å². The Hall–Kier alpha value is -3.12. The number of aryl methyl sites for hydroxylation is 1. The fourth-order valence-corrected chi connectivity index (χ4v) is 2.71. The van der Waals surface area contributed by atoms with Gasteiger partial charge in [-0.3, -0.25) is 14.7 Å². The second-order valence-electron chi connectivity index (χ2n) is 5.73. The fraction of sp³-hybridized carbons (Fsp3) is 0.105. The average molecular weight is 369 g/mol. The molecule has 0 aliphatic rings. The number of rotatable bonds is 4. The summed E-state index contributed by atoms with van der Waals surface area (Å²) in [7, 11) is 0. The number of carbonyl (C=O) groups is 1. The van der Waals surface area contributed by atoms with Crippen LogP contribution in [0.4, 0.5) is 0 Å². The summed E-state index contributed by atoms with van der Waals surface area (Å²) in [4.78, 5) is 24.8. The van der Waals surface area contributed by atoms with Crippen molar-refractivity contribution in [2.45, 2.75) is 13.8 Å². The first kappa shape index (κ1) is 17.7. The standard InChI is InChI=1S/C19H17ClN4O2/c1-12(21-22-18(25)14-8-10-15(20)11-9-14)17-13(2)23-24(19(17)26)16-6-4-3-5-7-16/h3-11,23H,1-2H3,(H,22,25)/b21-12+. The van der Waals surface area contributed by atoms with Gasteiger partial charge in [-0.15, -0.1) is 0 Å². The van der Waals surface area contributed by atoms with Gasteiger partial charge in [-0.1, -0.05) is 29.8 Å². The lowest BCUT2D eigenvalue weighted by Gasteiger charge is -2.02. The van der Waals surface area contributed by atoms with Crippen LogP contribution < -0.4 is 11.0 Å². The lowest BCUT2D eigenvalue weighted by atomic mass is 10.2. The van der Waals surface area contributed by atoms with E-state index in [2.05, 4.69) is 15.6 Å². The van der Waals surface area contributed by atoms with Crippen LogP contribution in [0.1, 0.15) is 28.5 Å². The van der Waals surface area contributed by atoms with Gasteiger partial charge in [0.2, 0.25) is 0 Å². The van der Waals surface area contributed by atoms with Gasteiger partial charge in [0.1, 0.15) is 0 Å². The van der Waals surface area contributed by atoms with Gasteiger partial charge in [-0.05, 0) is 50.2 Å². The zero-order valence-corrected chi connectivity index (χ0v) is 15.0. The minimum Gasteiger partial charge on any atom is -0.295 e. The van der Waals surface area contributed by atoms with E-state index in [0.29, 0.717) is 27.6 Å². The number of halogens is 1. The molecule has 0 saturated heterocycles. The van der Waals surface area contributed by atoms with Crippen molar-refractivity contribution in [2.75, 3.05) is 0 Å². The summed E-state index contributed by atoms with van der Waals surface area (Å²) in [5.41, 5.74) is 4.90. The molecule has 2 N–H and O–H groups in total. The van der Waals surface area contributed by atoms with Gasteiger partial charge >= 0.3 is 0 Å². The molecule has 0 spiro atoms. The van der Waals surface area contributed by atoms with E-state index in [4.69, 9.17) is 11.6 Å². The van der Waals surface area contributed by atoms with Crippen molar-refractivity contribution in [1.82, 2.24) is 15.2 Å². The normalized spacial score (nSPS) is 11.4. The Morgan fingerprint density at radius 1 is 1.12 bits per heavy atom. The summed E-state index contributed by atoms with van der Waals surface area (Å²) in [5.74, 6) is -0.377.